The number of halogens is 3. The van der Waals surface area contributed by atoms with Crippen molar-refractivity contribution in [2.24, 2.45) is 0 Å². The van der Waals surface area contributed by atoms with Crippen molar-refractivity contribution in [3.05, 3.63) is 35.9 Å². The summed E-state index contributed by atoms with van der Waals surface area (Å²) >= 11 is 0. The average molecular weight is 180 g/mol. The number of rotatable bonds is 0. The van der Waals surface area contributed by atoms with E-state index in [-0.39, 0.29) is 13.5 Å². The molecule has 0 aromatic heterocycles. The maximum absolute atomic E-state index is 11.8. The van der Waals surface area contributed by atoms with Crippen LogP contribution in [-0.4, -0.2) is 0 Å². The van der Waals surface area contributed by atoms with Gasteiger partial charge in [-0.25, -0.2) is 0 Å². The van der Waals surface area contributed by atoms with E-state index < -0.39 is 11.7 Å². The third kappa shape index (κ3) is 2.84. The van der Waals surface area contributed by atoms with E-state index in [0.29, 0.717) is 0 Å². The van der Waals surface area contributed by atoms with E-state index in [9.17, 15) is 13.2 Å². The van der Waals surface area contributed by atoms with E-state index in [4.69, 9.17) is 0 Å². The first-order valence-electron chi connectivity index (χ1n) is 2.73. The van der Waals surface area contributed by atoms with Crippen molar-refractivity contribution >= 4 is 13.5 Å². The molecule has 0 fully saturated rings. The lowest BCUT2D eigenvalue weighted by Crippen LogP contribution is -2.03. The maximum atomic E-state index is 11.8. The molecule has 0 saturated carbocycles. The van der Waals surface area contributed by atoms with E-state index in [1.54, 1.807) is 6.07 Å². The Balaban J connectivity index is 0.000001000. The highest BCUT2D eigenvalue weighted by Gasteiger charge is 2.29. The summed E-state index contributed by atoms with van der Waals surface area (Å²) in [6, 6.07) is 6.36. The molecule has 0 atom stereocenters. The Bertz CT molecular complexity index is 205. The van der Waals surface area contributed by atoms with Crippen LogP contribution in [0.1, 0.15) is 5.56 Å². The van der Waals surface area contributed by atoms with Crippen molar-refractivity contribution in [2.75, 3.05) is 0 Å². The molecule has 0 spiro atoms. The van der Waals surface area contributed by atoms with Crippen molar-refractivity contribution in [3.8, 4) is 0 Å². The molecule has 1 aromatic carbocycles. The average Bonchev–Trinajstić information content (AvgIpc) is 1.88. The summed E-state index contributed by atoms with van der Waals surface area (Å²) in [7, 11) is 0. The fourth-order valence-corrected chi connectivity index (χ4v) is 0.627. The van der Waals surface area contributed by atoms with Gasteiger partial charge in [0.1, 0.15) is 0 Å². The molecule has 62 valence electrons. The zero-order chi connectivity index (χ0) is 7.61. The van der Waals surface area contributed by atoms with Crippen LogP contribution in [-0.2, 0) is 6.18 Å². The molecule has 0 bridgehead atoms. The van der Waals surface area contributed by atoms with Crippen LogP contribution in [0.15, 0.2) is 30.3 Å². The minimum atomic E-state index is -4.21. The third-order valence-corrected chi connectivity index (χ3v) is 1.10. The Morgan fingerprint density at radius 1 is 0.909 bits per heavy atom. The van der Waals surface area contributed by atoms with Gasteiger partial charge < -0.3 is 0 Å². The van der Waals surface area contributed by atoms with Crippen molar-refractivity contribution in [2.45, 2.75) is 6.18 Å². The monoisotopic (exact) mass is 180 g/mol. The fraction of sp³-hybridized carbons (Fsp3) is 0.143. The molecule has 0 saturated heterocycles. The van der Waals surface area contributed by atoms with E-state index in [0.717, 1.165) is 12.1 Å². The summed E-state index contributed by atoms with van der Waals surface area (Å²) in [4.78, 5) is 0. The lowest BCUT2D eigenvalue weighted by atomic mass is 10.2. The molecule has 0 nitrogen and oxygen atoms in total. The lowest BCUT2D eigenvalue weighted by Gasteiger charge is -2.03. The van der Waals surface area contributed by atoms with Gasteiger partial charge in [0.25, 0.3) is 0 Å². The zero-order valence-electron chi connectivity index (χ0n) is 5.52. The highest BCUT2D eigenvalue weighted by atomic mass is 32.1. The molecule has 0 aliphatic carbocycles. The van der Waals surface area contributed by atoms with E-state index in [1.807, 2.05) is 0 Å². The second kappa shape index (κ2) is 3.67. The highest BCUT2D eigenvalue weighted by molar-refractivity contribution is 7.59. The van der Waals surface area contributed by atoms with Gasteiger partial charge in [0, 0.05) is 0 Å². The predicted molar refractivity (Wildman–Crippen MR) is 41.8 cm³/mol. The first kappa shape index (κ1) is 10.4. The predicted octanol–water partition coefficient (Wildman–Crippen LogP) is 2.82. The number of hydrogen-bond donors (Lipinski definition) is 0. The molecule has 0 aliphatic heterocycles. The molecule has 1 aromatic rings. The molecule has 0 N–H and O–H groups in total. The molecular weight excluding hydrogens is 173 g/mol. The van der Waals surface area contributed by atoms with Crippen molar-refractivity contribution in [3.63, 3.8) is 0 Å². The van der Waals surface area contributed by atoms with Crippen LogP contribution in [0.4, 0.5) is 13.2 Å². The second-order valence-electron chi connectivity index (χ2n) is 1.86. The van der Waals surface area contributed by atoms with E-state index in [2.05, 4.69) is 0 Å². The molecule has 0 heterocycles. The van der Waals surface area contributed by atoms with Crippen LogP contribution in [0.5, 0.6) is 0 Å². The summed E-state index contributed by atoms with van der Waals surface area (Å²) in [6.45, 7) is 0. The van der Waals surface area contributed by atoms with Crippen LogP contribution >= 0.6 is 13.5 Å². The Labute approximate surface area is 69.5 Å². The van der Waals surface area contributed by atoms with Gasteiger partial charge in [0.2, 0.25) is 0 Å². The van der Waals surface area contributed by atoms with Gasteiger partial charge in [0.15, 0.2) is 0 Å². The largest absolute Gasteiger partial charge is 0.416 e. The summed E-state index contributed by atoms with van der Waals surface area (Å²) in [5, 5.41) is 0. The van der Waals surface area contributed by atoms with E-state index >= 15 is 0 Å². The molecule has 0 aliphatic rings. The molecule has 1 rings (SSSR count). The van der Waals surface area contributed by atoms with Crippen LogP contribution < -0.4 is 0 Å². The topological polar surface area (TPSA) is 0 Å². The molecule has 0 unspecified atom stereocenters. The first-order valence-corrected chi connectivity index (χ1v) is 2.73. The van der Waals surface area contributed by atoms with Gasteiger partial charge in [-0.1, -0.05) is 30.3 Å². The quantitative estimate of drug-likeness (QED) is 0.576. The molecular formula is C7H7F3S. The van der Waals surface area contributed by atoms with Crippen LogP contribution in [0.2, 0.25) is 0 Å². The minimum absolute atomic E-state index is 0. The van der Waals surface area contributed by atoms with Crippen LogP contribution in [0.3, 0.4) is 0 Å². The van der Waals surface area contributed by atoms with Gasteiger partial charge in [-0.3, -0.25) is 0 Å². The van der Waals surface area contributed by atoms with Crippen LogP contribution in [0.25, 0.3) is 0 Å². The van der Waals surface area contributed by atoms with Gasteiger partial charge >= 0.3 is 6.18 Å². The Morgan fingerprint density at radius 2 is 1.36 bits per heavy atom. The lowest BCUT2D eigenvalue weighted by molar-refractivity contribution is -0.137. The SMILES string of the molecule is FC(F)(F)c1ccccc1.S. The fourth-order valence-electron chi connectivity index (χ4n) is 0.627. The van der Waals surface area contributed by atoms with Crippen molar-refractivity contribution in [1.82, 2.24) is 0 Å². The molecule has 11 heavy (non-hydrogen) atoms. The van der Waals surface area contributed by atoms with Gasteiger partial charge in [0.05, 0.1) is 5.56 Å². The summed E-state index contributed by atoms with van der Waals surface area (Å²) < 4.78 is 35.4. The Morgan fingerprint density at radius 3 is 1.64 bits per heavy atom. The standard InChI is InChI=1S/C7H5F3.H2S/c8-7(9,10)6-4-2-1-3-5-6;/h1-5H;1H2. The molecule has 0 radical (unpaired) electrons. The Hall–Kier alpha value is -0.640. The molecule has 0 amide bonds. The molecule has 4 heteroatoms. The first-order chi connectivity index (χ1) is 4.61. The van der Waals surface area contributed by atoms with Crippen LogP contribution in [0, 0.1) is 0 Å². The number of hydrogen-bond acceptors (Lipinski definition) is 0. The van der Waals surface area contributed by atoms with Crippen molar-refractivity contribution in [1.29, 1.82) is 0 Å². The summed E-state index contributed by atoms with van der Waals surface area (Å²) in [5.41, 5.74) is -0.602. The normalized spacial score (nSPS) is 10.5. The number of benzene rings is 1. The summed E-state index contributed by atoms with van der Waals surface area (Å²) in [6.07, 6.45) is -4.21. The van der Waals surface area contributed by atoms with Crippen molar-refractivity contribution < 1.29 is 13.2 Å². The maximum Gasteiger partial charge on any atom is 0.416 e. The Kier molecular flexibility index (Phi) is 3.45. The number of alkyl halides is 3. The van der Waals surface area contributed by atoms with E-state index in [1.165, 1.54) is 12.1 Å². The second-order valence-corrected chi connectivity index (χ2v) is 1.86. The van der Waals surface area contributed by atoms with Gasteiger partial charge in [-0.2, -0.15) is 26.7 Å². The summed E-state index contributed by atoms with van der Waals surface area (Å²) in [5.74, 6) is 0. The third-order valence-electron chi connectivity index (χ3n) is 1.10. The smallest absolute Gasteiger partial charge is 0.197 e. The highest BCUT2D eigenvalue weighted by Crippen LogP contribution is 2.28. The zero-order valence-corrected chi connectivity index (χ0v) is 6.52. The van der Waals surface area contributed by atoms with Gasteiger partial charge in [-0.15, -0.1) is 0 Å². The minimum Gasteiger partial charge on any atom is -0.197 e. The van der Waals surface area contributed by atoms with Gasteiger partial charge in [-0.05, 0) is 0 Å².